The molecule has 1 heterocycles. The van der Waals surface area contributed by atoms with Crippen molar-refractivity contribution in [3.8, 4) is 0 Å². The zero-order valence-electron chi connectivity index (χ0n) is 22.2. The quantitative estimate of drug-likeness (QED) is 0.342. The van der Waals surface area contributed by atoms with E-state index >= 15 is 0 Å². The summed E-state index contributed by atoms with van der Waals surface area (Å²) in [6.45, 7) is 3.93. The summed E-state index contributed by atoms with van der Waals surface area (Å²) in [5.41, 5.74) is 3.01. The summed E-state index contributed by atoms with van der Waals surface area (Å²) >= 11 is 0. The van der Waals surface area contributed by atoms with Gasteiger partial charge in [0, 0.05) is 28.7 Å². The minimum Gasteiger partial charge on any atom is -0.394 e. The molecule has 1 atom stereocenters. The highest BCUT2D eigenvalue weighted by molar-refractivity contribution is 7.91. The molecule has 1 saturated carbocycles. The number of amides is 1. The molecule has 0 saturated heterocycles. The molecule has 10 heteroatoms. The zero-order valence-corrected chi connectivity index (χ0v) is 23.0. The first-order valence-corrected chi connectivity index (χ1v) is 15.0. The van der Waals surface area contributed by atoms with Crippen LogP contribution in [0.15, 0.2) is 53.4 Å². The maximum absolute atomic E-state index is 13.1. The first-order chi connectivity index (χ1) is 18.5. The standard InChI is InChI=1S/C29H35F3N2O4S/c1-3-34-24(15-19-5-10-23(11-6-19)29(30,31)32)17-22-16-21(9-14-27(22)34)28(36)33-26(18-35)20-7-12-25(13-8-20)39(37,38)4-2/h7-9,12-14,16-17,19,23,26,35H,3-6,10-11,15,18H2,1-2H3,(H,33,36)/t19-,23+,26-/m0/s1. The van der Waals surface area contributed by atoms with Crippen LogP contribution in [0.5, 0.6) is 0 Å². The van der Waals surface area contributed by atoms with Gasteiger partial charge in [-0.2, -0.15) is 13.2 Å². The predicted octanol–water partition coefficient (Wildman–Crippen LogP) is 5.83. The Balaban J connectivity index is 1.48. The van der Waals surface area contributed by atoms with Gasteiger partial charge in [-0.25, -0.2) is 8.42 Å². The number of benzene rings is 2. The van der Waals surface area contributed by atoms with Crippen LogP contribution in [-0.4, -0.2) is 42.5 Å². The molecule has 0 bridgehead atoms. The lowest BCUT2D eigenvalue weighted by atomic mass is 9.79. The minimum atomic E-state index is -4.12. The van der Waals surface area contributed by atoms with Crippen LogP contribution in [0, 0.1) is 11.8 Å². The van der Waals surface area contributed by atoms with Gasteiger partial charge < -0.3 is 15.0 Å². The Morgan fingerprint density at radius 1 is 1.05 bits per heavy atom. The van der Waals surface area contributed by atoms with Crippen molar-refractivity contribution in [1.82, 2.24) is 9.88 Å². The maximum Gasteiger partial charge on any atom is 0.391 e. The Labute approximate surface area is 227 Å². The number of sulfone groups is 1. The number of fused-ring (bicyclic) bond motifs is 1. The molecule has 39 heavy (non-hydrogen) atoms. The molecule has 1 aliphatic rings. The lowest BCUT2D eigenvalue weighted by Crippen LogP contribution is -2.30. The Kier molecular flexibility index (Phi) is 8.75. The molecular formula is C29H35F3N2O4S. The van der Waals surface area contributed by atoms with E-state index in [0.717, 1.165) is 16.6 Å². The van der Waals surface area contributed by atoms with Crippen molar-refractivity contribution in [3.63, 3.8) is 0 Å². The molecular weight excluding hydrogens is 529 g/mol. The number of aliphatic hydroxyl groups excluding tert-OH is 1. The van der Waals surface area contributed by atoms with Crippen molar-refractivity contribution in [3.05, 3.63) is 65.4 Å². The number of halogens is 3. The summed E-state index contributed by atoms with van der Waals surface area (Å²) in [6, 6.07) is 12.8. The first kappa shape index (κ1) is 29.1. The van der Waals surface area contributed by atoms with Gasteiger partial charge in [-0.15, -0.1) is 0 Å². The maximum atomic E-state index is 13.1. The molecule has 0 radical (unpaired) electrons. The van der Waals surface area contributed by atoms with Crippen molar-refractivity contribution < 1.29 is 31.5 Å². The van der Waals surface area contributed by atoms with Crippen LogP contribution < -0.4 is 5.32 Å². The smallest absolute Gasteiger partial charge is 0.391 e. The highest BCUT2D eigenvalue weighted by Crippen LogP contribution is 2.40. The number of alkyl halides is 3. The van der Waals surface area contributed by atoms with Gasteiger partial charge in [-0.1, -0.05) is 19.1 Å². The summed E-state index contributed by atoms with van der Waals surface area (Å²) in [5.74, 6) is -1.39. The van der Waals surface area contributed by atoms with E-state index < -0.39 is 28.0 Å². The summed E-state index contributed by atoms with van der Waals surface area (Å²) < 4.78 is 65.4. The predicted molar refractivity (Wildman–Crippen MR) is 144 cm³/mol. The number of aromatic nitrogens is 1. The third kappa shape index (κ3) is 6.49. The van der Waals surface area contributed by atoms with Crippen molar-refractivity contribution in [2.24, 2.45) is 11.8 Å². The number of nitrogens with one attached hydrogen (secondary N) is 1. The second kappa shape index (κ2) is 11.7. The van der Waals surface area contributed by atoms with Crippen molar-refractivity contribution in [2.75, 3.05) is 12.4 Å². The fourth-order valence-corrected chi connectivity index (χ4v) is 6.44. The number of aryl methyl sites for hydroxylation is 1. The van der Waals surface area contributed by atoms with Crippen LogP contribution in [0.25, 0.3) is 10.9 Å². The number of hydrogen-bond acceptors (Lipinski definition) is 4. The van der Waals surface area contributed by atoms with Crippen LogP contribution in [0.3, 0.4) is 0 Å². The molecule has 1 fully saturated rings. The van der Waals surface area contributed by atoms with Gasteiger partial charge in [-0.05, 0) is 86.9 Å². The Morgan fingerprint density at radius 2 is 1.72 bits per heavy atom. The molecule has 0 aliphatic heterocycles. The number of aliphatic hydroxyl groups is 1. The van der Waals surface area contributed by atoms with Crippen LogP contribution >= 0.6 is 0 Å². The first-order valence-electron chi connectivity index (χ1n) is 13.4. The highest BCUT2D eigenvalue weighted by atomic mass is 32.2. The third-order valence-electron chi connectivity index (χ3n) is 7.88. The Morgan fingerprint density at radius 3 is 2.28 bits per heavy atom. The Bertz CT molecular complexity index is 1410. The number of hydrogen-bond donors (Lipinski definition) is 2. The van der Waals surface area contributed by atoms with Gasteiger partial charge in [0.25, 0.3) is 5.91 Å². The number of carbonyl (C=O) groups is 1. The van der Waals surface area contributed by atoms with Gasteiger partial charge in [0.05, 0.1) is 29.2 Å². The second-order valence-electron chi connectivity index (χ2n) is 10.3. The summed E-state index contributed by atoms with van der Waals surface area (Å²) in [6.07, 6.45) is -1.96. The van der Waals surface area contributed by atoms with E-state index in [-0.39, 0.29) is 41.9 Å². The zero-order chi connectivity index (χ0) is 28.4. The second-order valence-corrected chi connectivity index (χ2v) is 12.6. The van der Waals surface area contributed by atoms with E-state index in [2.05, 4.69) is 9.88 Å². The summed E-state index contributed by atoms with van der Waals surface area (Å²) in [4.78, 5) is 13.3. The molecule has 3 aromatic rings. The van der Waals surface area contributed by atoms with Gasteiger partial charge in [-0.3, -0.25) is 4.79 Å². The van der Waals surface area contributed by atoms with Crippen molar-refractivity contribution >= 4 is 26.6 Å². The van der Waals surface area contributed by atoms with Gasteiger partial charge >= 0.3 is 6.18 Å². The van der Waals surface area contributed by atoms with Crippen LogP contribution in [0.4, 0.5) is 13.2 Å². The van der Waals surface area contributed by atoms with Gasteiger partial charge in [0.15, 0.2) is 9.84 Å². The summed E-state index contributed by atoms with van der Waals surface area (Å²) in [7, 11) is -3.35. The SMILES string of the molecule is CCn1c(C[C@H]2CC[C@@H](C(F)(F)F)CC2)cc2cc(C(=O)N[C@@H](CO)c3ccc(S(=O)(=O)CC)cc3)ccc21. The van der Waals surface area contributed by atoms with Crippen LogP contribution in [0.1, 0.15) is 67.2 Å². The Hall–Kier alpha value is -2.85. The van der Waals surface area contributed by atoms with Crippen molar-refractivity contribution in [2.45, 2.75) is 69.6 Å². The number of carbonyl (C=O) groups excluding carboxylic acids is 1. The largest absolute Gasteiger partial charge is 0.394 e. The van der Waals surface area contributed by atoms with E-state index in [1.165, 1.54) is 12.1 Å². The van der Waals surface area contributed by atoms with E-state index in [0.29, 0.717) is 36.9 Å². The van der Waals surface area contributed by atoms with E-state index in [1.54, 1.807) is 31.2 Å². The fourth-order valence-electron chi connectivity index (χ4n) is 5.55. The molecule has 0 spiro atoms. The van der Waals surface area contributed by atoms with E-state index in [9.17, 15) is 31.5 Å². The van der Waals surface area contributed by atoms with Gasteiger partial charge in [0.1, 0.15) is 0 Å². The lowest BCUT2D eigenvalue weighted by Gasteiger charge is -2.30. The normalized spacial score (nSPS) is 19.2. The lowest BCUT2D eigenvalue weighted by molar-refractivity contribution is -0.183. The number of rotatable bonds is 9. The number of nitrogens with zero attached hydrogens (tertiary/aromatic N) is 1. The molecule has 1 amide bonds. The highest BCUT2D eigenvalue weighted by Gasteiger charge is 2.41. The van der Waals surface area contributed by atoms with Crippen LogP contribution in [-0.2, 0) is 22.8 Å². The summed E-state index contributed by atoms with van der Waals surface area (Å²) in [5, 5.41) is 13.6. The van der Waals surface area contributed by atoms with Crippen molar-refractivity contribution in [1.29, 1.82) is 0 Å². The third-order valence-corrected chi connectivity index (χ3v) is 9.63. The molecule has 0 unspecified atom stereocenters. The molecule has 212 valence electrons. The van der Waals surface area contributed by atoms with Crippen LogP contribution in [0.2, 0.25) is 0 Å². The molecule has 6 nitrogen and oxygen atoms in total. The van der Waals surface area contributed by atoms with E-state index in [1.807, 2.05) is 19.1 Å². The van der Waals surface area contributed by atoms with Gasteiger partial charge in [0.2, 0.25) is 0 Å². The molecule has 1 aliphatic carbocycles. The van der Waals surface area contributed by atoms with E-state index in [4.69, 9.17) is 0 Å². The molecule has 2 N–H and O–H groups in total. The fraction of sp³-hybridized carbons (Fsp3) is 0.483. The topological polar surface area (TPSA) is 88.4 Å². The average Bonchev–Trinajstić information content (AvgIpc) is 3.27. The molecule has 4 rings (SSSR count). The monoisotopic (exact) mass is 564 g/mol. The molecule has 1 aromatic heterocycles. The molecule has 2 aromatic carbocycles. The average molecular weight is 565 g/mol. The minimum absolute atomic E-state index is 0.0182.